The van der Waals surface area contributed by atoms with Crippen molar-refractivity contribution in [1.29, 1.82) is 0 Å². The maximum atomic E-state index is 11.7. The van der Waals surface area contributed by atoms with E-state index in [9.17, 15) is 19.7 Å². The Labute approximate surface area is 191 Å². The first-order chi connectivity index (χ1) is 11.0. The summed E-state index contributed by atoms with van der Waals surface area (Å²) in [5.41, 5.74) is 0.183. The molecule has 128 valence electrons. The van der Waals surface area contributed by atoms with E-state index in [2.05, 4.69) is 20.6 Å². The maximum absolute atomic E-state index is 11.7. The van der Waals surface area contributed by atoms with Gasteiger partial charge in [0.25, 0.3) is 5.97 Å². The molecule has 0 atom stereocenters. The number of nitro groups is 1. The molecule has 1 aromatic heterocycles. The largest absolute Gasteiger partial charge is 1.00 e. The number of hydrogen-bond donors (Lipinski definition) is 0. The number of carbonyl (C=O) groups excluding carboxylic acids is 2. The molecule has 0 spiro atoms. The van der Waals surface area contributed by atoms with Gasteiger partial charge in [-0.1, -0.05) is 5.56 Å². The van der Waals surface area contributed by atoms with E-state index in [-0.39, 0.29) is 75.9 Å². The molecular formula is C14H13N3O7Rb-. The Morgan fingerprint density at radius 2 is 1.92 bits per heavy atom. The molecule has 0 aliphatic rings. The first-order valence-corrected chi connectivity index (χ1v) is 6.35. The van der Waals surface area contributed by atoms with E-state index in [0.29, 0.717) is 11.1 Å². The van der Waals surface area contributed by atoms with Gasteiger partial charge in [-0.3, -0.25) is 14.9 Å². The Balaban J connectivity index is 0.00000288. The zero-order valence-electron chi connectivity index (χ0n) is 13.8. The molecule has 2 aromatic rings. The number of methoxy groups -OCH3 is 2. The second-order valence-corrected chi connectivity index (χ2v) is 4.38. The minimum Gasteiger partial charge on any atom is -0.870 e. The van der Waals surface area contributed by atoms with E-state index in [4.69, 9.17) is 0 Å². The van der Waals surface area contributed by atoms with Crippen molar-refractivity contribution in [3.05, 3.63) is 57.4 Å². The normalized spacial score (nSPS) is 9.36. The van der Waals surface area contributed by atoms with Crippen LogP contribution in [0.4, 0.5) is 5.69 Å². The van der Waals surface area contributed by atoms with Crippen molar-refractivity contribution in [2.75, 3.05) is 14.2 Å². The number of aromatic nitrogens is 2. The molecule has 0 fully saturated rings. The summed E-state index contributed by atoms with van der Waals surface area (Å²) >= 11 is 0. The van der Waals surface area contributed by atoms with E-state index in [1.165, 1.54) is 19.2 Å². The van der Waals surface area contributed by atoms with Gasteiger partial charge < -0.3 is 14.9 Å². The van der Waals surface area contributed by atoms with Gasteiger partial charge in [0.2, 0.25) is 5.69 Å². The van der Waals surface area contributed by atoms with Crippen molar-refractivity contribution in [2.45, 2.75) is 6.54 Å². The van der Waals surface area contributed by atoms with Crippen molar-refractivity contribution in [2.24, 2.45) is 0 Å². The summed E-state index contributed by atoms with van der Waals surface area (Å²) in [7, 11) is 2.39. The number of nitrogens with zero attached hydrogens (tertiary/aromatic N) is 3. The average Bonchev–Trinajstić information content (AvgIpc) is 2.98. The molecule has 1 N–H and O–H groups in total. The van der Waals surface area contributed by atoms with Gasteiger partial charge in [-0.15, -0.1) is 5.56 Å². The second kappa shape index (κ2) is 10.5. The molecule has 0 aliphatic heterocycles. The predicted molar refractivity (Wildman–Crippen MR) is 77.9 cm³/mol. The van der Waals surface area contributed by atoms with Crippen LogP contribution in [0, 0.1) is 16.2 Å². The fourth-order valence-corrected chi connectivity index (χ4v) is 1.90. The van der Waals surface area contributed by atoms with Crippen LogP contribution in [0.25, 0.3) is 0 Å². The second-order valence-electron chi connectivity index (χ2n) is 4.38. The minimum absolute atomic E-state index is 0. The van der Waals surface area contributed by atoms with Crippen LogP contribution in [0.1, 0.15) is 26.4 Å². The van der Waals surface area contributed by atoms with Crippen LogP contribution in [-0.4, -0.2) is 46.3 Å². The van der Waals surface area contributed by atoms with Crippen LogP contribution in [-0.2, 0) is 16.0 Å². The van der Waals surface area contributed by atoms with Gasteiger partial charge >= 0.3 is 69.8 Å². The van der Waals surface area contributed by atoms with Crippen LogP contribution in [0.3, 0.4) is 0 Å². The van der Waals surface area contributed by atoms with Crippen LogP contribution >= 0.6 is 0 Å². The predicted octanol–water partition coefficient (Wildman–Crippen LogP) is -1.96. The molecule has 1 aromatic carbocycles. The molecule has 0 bridgehead atoms. The zero-order valence-corrected chi connectivity index (χ0v) is 18.7. The molecule has 0 amide bonds. The van der Waals surface area contributed by atoms with Crippen LogP contribution in [0.15, 0.2) is 24.4 Å². The topological polar surface area (TPSA) is 144 Å². The Hall–Kier alpha value is -1.46. The molecule has 10 nitrogen and oxygen atoms in total. The van der Waals surface area contributed by atoms with Gasteiger partial charge in [0.05, 0.1) is 19.1 Å². The number of carbonyl (C=O) groups is 2. The van der Waals surface area contributed by atoms with Gasteiger partial charge in [0.15, 0.2) is 0 Å². The SMILES string of the molecule is COC(=O)c1c[c-]c(Cn2ncc([N+](=O)[O-])c2C(=O)OC)cc1.[OH-].[Rb+]. The number of ether oxygens (including phenoxy) is 2. The van der Waals surface area contributed by atoms with Crippen molar-refractivity contribution < 1.29 is 87.6 Å². The summed E-state index contributed by atoms with van der Waals surface area (Å²) in [5, 5.41) is 14.8. The summed E-state index contributed by atoms with van der Waals surface area (Å²) in [6.07, 6.45) is 0.981. The number of esters is 2. The first kappa shape index (κ1) is 23.5. The third kappa shape index (κ3) is 5.51. The Morgan fingerprint density at radius 1 is 1.28 bits per heavy atom. The quantitative estimate of drug-likeness (QED) is 0.235. The monoisotopic (exact) mass is 420 g/mol. The standard InChI is InChI=1S/C14H12N3O6.H2O.Rb/c1-22-13(18)10-5-3-9(4-6-10)8-16-12(14(19)23-2)11(7-15-16)17(20)21;;/h3,5-7H,8H2,1-2H3;1H2;/q-1;;+1/p-1. The van der Waals surface area contributed by atoms with E-state index in [1.807, 2.05) is 0 Å². The van der Waals surface area contributed by atoms with E-state index >= 15 is 0 Å². The third-order valence-electron chi connectivity index (χ3n) is 3.01. The molecular weight excluding hydrogens is 408 g/mol. The van der Waals surface area contributed by atoms with Gasteiger partial charge in [0, 0.05) is 6.54 Å². The number of hydrogen-bond acceptors (Lipinski definition) is 8. The van der Waals surface area contributed by atoms with Crippen molar-refractivity contribution in [1.82, 2.24) is 9.78 Å². The Bertz CT molecular complexity index is 758. The first-order valence-electron chi connectivity index (χ1n) is 6.35. The molecule has 0 radical (unpaired) electrons. The summed E-state index contributed by atoms with van der Waals surface area (Å²) < 4.78 is 10.3. The van der Waals surface area contributed by atoms with Gasteiger partial charge in [-0.05, 0) is 0 Å². The fourth-order valence-electron chi connectivity index (χ4n) is 1.90. The Morgan fingerprint density at radius 3 is 2.40 bits per heavy atom. The number of benzene rings is 1. The maximum Gasteiger partial charge on any atom is 1.00 e. The van der Waals surface area contributed by atoms with E-state index < -0.39 is 22.5 Å². The fraction of sp³-hybridized carbons (Fsp3) is 0.214. The minimum atomic E-state index is -0.861. The van der Waals surface area contributed by atoms with Crippen LogP contribution in [0.2, 0.25) is 0 Å². The zero-order chi connectivity index (χ0) is 17.0. The summed E-state index contributed by atoms with van der Waals surface area (Å²) in [6, 6.07) is 7.37. The van der Waals surface area contributed by atoms with Crippen molar-refractivity contribution in [3.8, 4) is 0 Å². The van der Waals surface area contributed by atoms with Crippen LogP contribution < -0.4 is 58.2 Å². The van der Waals surface area contributed by atoms with Gasteiger partial charge in [0.1, 0.15) is 6.20 Å². The molecule has 0 unspecified atom stereocenters. The van der Waals surface area contributed by atoms with Crippen molar-refractivity contribution in [3.63, 3.8) is 0 Å². The number of rotatable bonds is 5. The molecule has 0 saturated carbocycles. The molecule has 25 heavy (non-hydrogen) atoms. The van der Waals surface area contributed by atoms with E-state index in [0.717, 1.165) is 18.0 Å². The summed E-state index contributed by atoms with van der Waals surface area (Å²) in [5.74, 6) is -1.36. The van der Waals surface area contributed by atoms with Crippen LogP contribution in [0.5, 0.6) is 0 Å². The average molecular weight is 421 g/mol. The molecule has 0 saturated heterocycles. The smallest absolute Gasteiger partial charge is 0.870 e. The Kier molecular flexibility index (Phi) is 9.89. The summed E-state index contributed by atoms with van der Waals surface area (Å²) in [6.45, 7) is 0.0553. The molecule has 0 aliphatic carbocycles. The molecule has 1 heterocycles. The summed E-state index contributed by atoms with van der Waals surface area (Å²) in [4.78, 5) is 33.3. The van der Waals surface area contributed by atoms with Gasteiger partial charge in [-0.2, -0.15) is 29.4 Å². The molecule has 2 rings (SSSR count). The third-order valence-corrected chi connectivity index (χ3v) is 3.01. The van der Waals surface area contributed by atoms with Crippen molar-refractivity contribution >= 4 is 17.6 Å². The molecule has 11 heteroatoms. The van der Waals surface area contributed by atoms with Gasteiger partial charge in [-0.25, -0.2) is 9.48 Å². The van der Waals surface area contributed by atoms with E-state index in [1.54, 1.807) is 6.07 Å².